The molecule has 1 N–H and O–H groups in total. The van der Waals surface area contributed by atoms with Crippen molar-refractivity contribution in [1.29, 1.82) is 0 Å². The number of likely N-dealkylation sites (tertiary alicyclic amines) is 1. The van der Waals surface area contributed by atoms with E-state index >= 15 is 0 Å². The van der Waals surface area contributed by atoms with Gasteiger partial charge in [-0.25, -0.2) is 13.4 Å². The van der Waals surface area contributed by atoms with Crippen LogP contribution >= 0.6 is 0 Å². The van der Waals surface area contributed by atoms with Crippen molar-refractivity contribution in [3.05, 3.63) is 42.1 Å². The Bertz CT molecular complexity index is 1300. The Kier molecular flexibility index (Phi) is 7.84. The molecule has 0 aromatic heterocycles. The monoisotopic (exact) mass is 543 g/mol. The molecule has 2 fully saturated rings. The maximum atomic E-state index is 13.7. The third-order valence-corrected chi connectivity index (χ3v) is 8.85. The third kappa shape index (κ3) is 5.28. The highest BCUT2D eigenvalue weighted by atomic mass is 32.2. The Balaban J connectivity index is 1.53. The molecule has 3 heterocycles. The quantitative estimate of drug-likeness (QED) is 0.541. The highest BCUT2D eigenvalue weighted by molar-refractivity contribution is 8.06. The highest BCUT2D eigenvalue weighted by Crippen LogP contribution is 2.33. The van der Waals surface area contributed by atoms with Crippen LogP contribution in [0.2, 0.25) is 0 Å². The maximum absolute atomic E-state index is 13.7. The van der Waals surface area contributed by atoms with Crippen LogP contribution in [0.3, 0.4) is 0 Å². The van der Waals surface area contributed by atoms with Crippen LogP contribution in [0.4, 0.5) is 5.69 Å². The number of hydrogen-bond acceptors (Lipinski definition) is 8. The number of amides is 2. The number of Topliss-reactive ketones (excluding diaryl/α,β-unsaturated/α-hetero) is 2. The van der Waals surface area contributed by atoms with Gasteiger partial charge < -0.3 is 15.1 Å². The molecule has 3 unspecified atom stereocenters. The number of benzene rings is 1. The number of sulfonamides is 1. The average Bonchev–Trinajstić information content (AvgIpc) is 3.44. The summed E-state index contributed by atoms with van der Waals surface area (Å²) in [6.45, 7) is 3.58. The van der Waals surface area contributed by atoms with Crippen molar-refractivity contribution in [2.45, 2.75) is 51.2 Å². The van der Waals surface area contributed by atoms with Crippen molar-refractivity contribution in [1.82, 2.24) is 14.5 Å². The van der Waals surface area contributed by atoms with Gasteiger partial charge in [0.1, 0.15) is 12.1 Å². The number of aliphatic imine (C=N–C) groups is 1. The second-order valence-corrected chi connectivity index (χ2v) is 12.2. The molecule has 4 rings (SSSR count). The summed E-state index contributed by atoms with van der Waals surface area (Å²) in [6.07, 6.45) is 3.25. The standard InChI is InChI=1S/C26H33N5O6S/c1-16(2)14-19(28-24(34)17-7-9-18(10-8-17)29(3)4)26(35)30-13-11-20-23(30)22(33)15-31(20)38(36,37)25-21(32)6-5-12-27-25/h5,7-10,12,16,19-20,23H,6,11,13-15H2,1-4H3,(H,28,34). The summed E-state index contributed by atoms with van der Waals surface area (Å²) < 4.78 is 27.5. The summed E-state index contributed by atoms with van der Waals surface area (Å²) in [5.74, 6) is -1.82. The van der Waals surface area contributed by atoms with Crippen LogP contribution in [-0.4, -0.2) is 91.4 Å². The summed E-state index contributed by atoms with van der Waals surface area (Å²) in [4.78, 5) is 59.0. The van der Waals surface area contributed by atoms with E-state index in [-0.39, 0.29) is 25.3 Å². The average molecular weight is 544 g/mol. The lowest BCUT2D eigenvalue weighted by Crippen LogP contribution is -2.53. The number of anilines is 1. The zero-order valence-electron chi connectivity index (χ0n) is 22.0. The van der Waals surface area contributed by atoms with E-state index in [0.29, 0.717) is 12.0 Å². The molecular formula is C26H33N5O6S. The van der Waals surface area contributed by atoms with Crippen LogP contribution < -0.4 is 10.2 Å². The van der Waals surface area contributed by atoms with Gasteiger partial charge in [0.15, 0.2) is 11.6 Å². The zero-order chi connectivity index (χ0) is 27.8. The first-order valence-electron chi connectivity index (χ1n) is 12.6. The number of rotatable bonds is 7. The summed E-state index contributed by atoms with van der Waals surface area (Å²) >= 11 is 0. The van der Waals surface area contributed by atoms with Gasteiger partial charge in [-0.3, -0.25) is 19.2 Å². The number of carbonyl (C=O) groups excluding carboxylic acids is 4. The fraction of sp³-hybridized carbons (Fsp3) is 0.500. The summed E-state index contributed by atoms with van der Waals surface area (Å²) in [6, 6.07) is 4.33. The molecule has 1 aromatic rings. The Morgan fingerprint density at radius 2 is 1.84 bits per heavy atom. The Morgan fingerprint density at radius 1 is 1.16 bits per heavy atom. The van der Waals surface area contributed by atoms with E-state index in [1.165, 1.54) is 17.2 Å². The molecule has 3 atom stereocenters. The van der Waals surface area contributed by atoms with Crippen molar-refractivity contribution in [3.63, 3.8) is 0 Å². The minimum atomic E-state index is -4.30. The molecule has 12 heteroatoms. The Labute approximate surface area is 222 Å². The van der Waals surface area contributed by atoms with Gasteiger partial charge in [0.2, 0.25) is 11.0 Å². The predicted octanol–water partition coefficient (Wildman–Crippen LogP) is 0.966. The van der Waals surface area contributed by atoms with Gasteiger partial charge in [-0.15, -0.1) is 0 Å². The zero-order valence-corrected chi connectivity index (χ0v) is 22.8. The fourth-order valence-corrected chi connectivity index (χ4v) is 6.81. The molecule has 38 heavy (non-hydrogen) atoms. The molecular weight excluding hydrogens is 510 g/mol. The van der Waals surface area contributed by atoms with Crippen LogP contribution in [-0.2, 0) is 24.4 Å². The summed E-state index contributed by atoms with van der Waals surface area (Å²) in [7, 11) is -0.515. The van der Waals surface area contributed by atoms with Crippen LogP contribution in [0, 0.1) is 5.92 Å². The molecule has 2 amide bonds. The second-order valence-electron chi connectivity index (χ2n) is 10.4. The van der Waals surface area contributed by atoms with E-state index in [9.17, 15) is 27.6 Å². The molecule has 3 aliphatic heterocycles. The number of hydrogen-bond donors (Lipinski definition) is 1. The number of carbonyl (C=O) groups is 4. The number of allylic oxidation sites excluding steroid dienone is 1. The minimum Gasteiger partial charge on any atom is -0.378 e. The first-order valence-corrected chi connectivity index (χ1v) is 14.0. The highest BCUT2D eigenvalue weighted by Gasteiger charge is 2.55. The van der Waals surface area contributed by atoms with Gasteiger partial charge in [-0.2, -0.15) is 4.31 Å². The smallest absolute Gasteiger partial charge is 0.264 e. The van der Waals surface area contributed by atoms with Crippen LogP contribution in [0.25, 0.3) is 0 Å². The molecule has 0 aliphatic carbocycles. The van der Waals surface area contributed by atoms with Crippen molar-refractivity contribution in [2.24, 2.45) is 10.9 Å². The van der Waals surface area contributed by atoms with Crippen molar-refractivity contribution in [3.8, 4) is 0 Å². The van der Waals surface area contributed by atoms with Gasteiger partial charge in [0.05, 0.1) is 12.6 Å². The lowest BCUT2D eigenvalue weighted by molar-refractivity contribution is -0.138. The van der Waals surface area contributed by atoms with Crippen LogP contribution in [0.1, 0.15) is 43.5 Å². The fourth-order valence-electron chi connectivity index (χ4n) is 5.15. The minimum absolute atomic E-state index is 0.0679. The van der Waals surface area contributed by atoms with Gasteiger partial charge in [0.25, 0.3) is 15.9 Å². The van der Waals surface area contributed by atoms with E-state index in [2.05, 4.69) is 10.3 Å². The second kappa shape index (κ2) is 10.8. The molecule has 1 aromatic carbocycles. The van der Waals surface area contributed by atoms with E-state index in [0.717, 1.165) is 9.99 Å². The summed E-state index contributed by atoms with van der Waals surface area (Å²) in [5, 5.41) is 2.25. The normalized spacial score (nSPS) is 22.4. The summed E-state index contributed by atoms with van der Waals surface area (Å²) in [5.41, 5.74) is 1.33. The van der Waals surface area contributed by atoms with E-state index in [4.69, 9.17) is 0 Å². The Hall–Kier alpha value is -3.38. The van der Waals surface area contributed by atoms with Gasteiger partial charge in [0, 0.05) is 44.5 Å². The molecule has 0 radical (unpaired) electrons. The lowest BCUT2D eigenvalue weighted by atomic mass is 10.0. The van der Waals surface area contributed by atoms with Gasteiger partial charge >= 0.3 is 0 Å². The van der Waals surface area contributed by atoms with E-state index < -0.39 is 63.1 Å². The number of nitrogens with zero attached hydrogens (tertiary/aromatic N) is 4. The Morgan fingerprint density at radius 3 is 2.45 bits per heavy atom. The third-order valence-electron chi connectivity index (χ3n) is 7.01. The maximum Gasteiger partial charge on any atom is 0.264 e. The molecule has 3 aliphatic rings. The van der Waals surface area contributed by atoms with Crippen molar-refractivity contribution >= 4 is 44.1 Å². The first kappa shape index (κ1) is 27.6. The molecule has 0 saturated carbocycles. The molecule has 0 spiro atoms. The van der Waals surface area contributed by atoms with Crippen LogP contribution in [0.15, 0.2) is 41.5 Å². The number of ketones is 2. The van der Waals surface area contributed by atoms with Gasteiger partial charge in [-0.1, -0.05) is 19.9 Å². The van der Waals surface area contributed by atoms with E-state index in [1.54, 1.807) is 12.1 Å². The predicted molar refractivity (Wildman–Crippen MR) is 142 cm³/mol. The molecule has 204 valence electrons. The number of nitrogens with one attached hydrogen (secondary N) is 1. The molecule has 0 bridgehead atoms. The first-order chi connectivity index (χ1) is 17.9. The van der Waals surface area contributed by atoms with Crippen molar-refractivity contribution < 1.29 is 27.6 Å². The topological polar surface area (TPSA) is 137 Å². The van der Waals surface area contributed by atoms with E-state index in [1.807, 2.05) is 45.0 Å². The molecule has 2 saturated heterocycles. The van der Waals surface area contributed by atoms with Gasteiger partial charge in [-0.05, 0) is 43.0 Å². The van der Waals surface area contributed by atoms with Crippen LogP contribution in [0.5, 0.6) is 0 Å². The largest absolute Gasteiger partial charge is 0.378 e. The number of fused-ring (bicyclic) bond motifs is 1. The SMILES string of the molecule is CC(C)CC(NC(=O)c1ccc(N(C)C)cc1)C(=O)N1CCC2C1C(=O)CN2S(=O)(=O)C1=NC=CCC1=O. The lowest BCUT2D eigenvalue weighted by Gasteiger charge is -2.29. The van der Waals surface area contributed by atoms with Crippen molar-refractivity contribution in [2.75, 3.05) is 32.1 Å². The molecule has 11 nitrogen and oxygen atoms in total.